The number of piperidine rings is 1. The first-order chi connectivity index (χ1) is 6.85. The van der Waals surface area contributed by atoms with E-state index in [0.717, 1.165) is 52.1 Å². The lowest BCUT2D eigenvalue weighted by Gasteiger charge is -2.38. The summed E-state index contributed by atoms with van der Waals surface area (Å²) in [4.78, 5) is 2.32. The molecule has 0 aliphatic carbocycles. The zero-order valence-electron chi connectivity index (χ0n) is 8.57. The number of hydrogen-bond acceptors (Lipinski definition) is 4. The van der Waals surface area contributed by atoms with Gasteiger partial charge in [-0.15, -0.1) is 0 Å². The summed E-state index contributed by atoms with van der Waals surface area (Å²) in [7, 11) is 0. The van der Waals surface area contributed by atoms with Crippen molar-refractivity contribution >= 4 is 0 Å². The first-order valence-electron chi connectivity index (χ1n) is 5.46. The van der Waals surface area contributed by atoms with Crippen molar-refractivity contribution in [3.63, 3.8) is 0 Å². The van der Waals surface area contributed by atoms with Crippen LogP contribution in [0, 0.1) is 0 Å². The topological polar surface area (TPSA) is 41.9 Å². The minimum atomic E-state index is -0.312. The molecule has 2 rings (SSSR count). The van der Waals surface area contributed by atoms with E-state index in [-0.39, 0.29) is 12.4 Å². The van der Waals surface area contributed by atoms with Crippen LogP contribution in [0.5, 0.6) is 0 Å². The molecule has 0 bridgehead atoms. The normalized spacial score (nSPS) is 27.2. The predicted molar refractivity (Wildman–Crippen MR) is 52.0 cm³/mol. The van der Waals surface area contributed by atoms with E-state index in [1.807, 2.05) is 0 Å². The molecule has 4 nitrogen and oxygen atoms in total. The average Bonchev–Trinajstić information content (AvgIpc) is 2.63. The van der Waals surface area contributed by atoms with Crippen molar-refractivity contribution in [3.05, 3.63) is 0 Å². The quantitative estimate of drug-likeness (QED) is 0.708. The molecule has 2 fully saturated rings. The van der Waals surface area contributed by atoms with E-state index in [1.54, 1.807) is 0 Å². The molecule has 14 heavy (non-hydrogen) atoms. The Kier molecular flexibility index (Phi) is 3.38. The molecule has 82 valence electrons. The fourth-order valence-corrected chi connectivity index (χ4v) is 2.29. The Bertz CT molecular complexity index is 180. The first kappa shape index (κ1) is 10.4. The van der Waals surface area contributed by atoms with Gasteiger partial charge in [0, 0.05) is 19.6 Å². The van der Waals surface area contributed by atoms with Crippen LogP contribution in [0.3, 0.4) is 0 Å². The molecule has 0 saturated carbocycles. The molecule has 2 heterocycles. The van der Waals surface area contributed by atoms with Crippen molar-refractivity contribution in [1.82, 2.24) is 4.90 Å². The monoisotopic (exact) mass is 201 g/mol. The van der Waals surface area contributed by atoms with Crippen molar-refractivity contribution in [3.8, 4) is 0 Å². The van der Waals surface area contributed by atoms with Gasteiger partial charge in [-0.05, 0) is 19.4 Å². The van der Waals surface area contributed by atoms with E-state index >= 15 is 0 Å². The fraction of sp³-hybridized carbons (Fsp3) is 1.00. The molecular weight excluding hydrogens is 182 g/mol. The van der Waals surface area contributed by atoms with Crippen molar-refractivity contribution in [2.45, 2.75) is 25.0 Å². The van der Waals surface area contributed by atoms with Gasteiger partial charge in [0.25, 0.3) is 0 Å². The van der Waals surface area contributed by atoms with Crippen LogP contribution in [0.15, 0.2) is 0 Å². The molecule has 2 aliphatic rings. The van der Waals surface area contributed by atoms with Crippen LogP contribution in [0.1, 0.15) is 19.3 Å². The summed E-state index contributed by atoms with van der Waals surface area (Å²) in [6.07, 6.45) is 2.99. The van der Waals surface area contributed by atoms with Gasteiger partial charge in [-0.25, -0.2) is 0 Å². The lowest BCUT2D eigenvalue weighted by atomic mass is 10.0. The van der Waals surface area contributed by atoms with E-state index < -0.39 is 0 Å². The molecule has 4 heteroatoms. The second-order valence-corrected chi connectivity index (χ2v) is 4.06. The number of likely N-dealkylation sites (tertiary alicyclic amines) is 1. The number of hydrogen-bond donors (Lipinski definition) is 1. The van der Waals surface area contributed by atoms with Crippen LogP contribution in [0.2, 0.25) is 0 Å². The summed E-state index contributed by atoms with van der Waals surface area (Å²) in [5.74, 6) is -0.312. The van der Waals surface area contributed by atoms with Gasteiger partial charge < -0.3 is 14.6 Å². The third-order valence-corrected chi connectivity index (χ3v) is 2.94. The average molecular weight is 201 g/mol. The number of aliphatic hydroxyl groups is 1. The minimum Gasteiger partial charge on any atom is -0.396 e. The predicted octanol–water partition coefficient (Wildman–Crippen LogP) is 0.208. The van der Waals surface area contributed by atoms with Crippen LogP contribution >= 0.6 is 0 Å². The summed E-state index contributed by atoms with van der Waals surface area (Å²) in [6, 6.07) is 0. The highest BCUT2D eigenvalue weighted by molar-refractivity contribution is 4.83. The summed E-state index contributed by atoms with van der Waals surface area (Å²) in [5, 5.41) is 8.76. The lowest BCUT2D eigenvalue weighted by Crippen LogP contribution is -2.49. The Morgan fingerprint density at radius 3 is 2.79 bits per heavy atom. The molecule has 0 unspecified atom stereocenters. The minimum absolute atomic E-state index is 0.269. The third-order valence-electron chi connectivity index (χ3n) is 2.94. The van der Waals surface area contributed by atoms with Gasteiger partial charge in [-0.3, -0.25) is 4.90 Å². The molecule has 0 atom stereocenters. The SMILES string of the molecule is OCCCN1CCCC2(C1)OCCO2. The first-order valence-corrected chi connectivity index (χ1v) is 5.46. The summed E-state index contributed by atoms with van der Waals surface area (Å²) in [6.45, 7) is 4.65. The summed E-state index contributed by atoms with van der Waals surface area (Å²) in [5.41, 5.74) is 0. The van der Waals surface area contributed by atoms with Gasteiger partial charge in [-0.1, -0.05) is 0 Å². The number of rotatable bonds is 3. The van der Waals surface area contributed by atoms with Crippen LogP contribution in [-0.2, 0) is 9.47 Å². The molecule has 0 radical (unpaired) electrons. The van der Waals surface area contributed by atoms with Crippen LogP contribution < -0.4 is 0 Å². The largest absolute Gasteiger partial charge is 0.396 e. The Balaban J connectivity index is 1.83. The maximum atomic E-state index is 8.76. The van der Waals surface area contributed by atoms with E-state index in [4.69, 9.17) is 14.6 Å². The molecule has 1 spiro atoms. The Labute approximate surface area is 84.8 Å². The van der Waals surface area contributed by atoms with Gasteiger partial charge in [-0.2, -0.15) is 0 Å². The van der Waals surface area contributed by atoms with Crippen LogP contribution in [0.25, 0.3) is 0 Å². The summed E-state index contributed by atoms with van der Waals surface area (Å²) >= 11 is 0. The zero-order chi connectivity index (χ0) is 9.86. The van der Waals surface area contributed by atoms with E-state index in [9.17, 15) is 0 Å². The van der Waals surface area contributed by atoms with Crippen molar-refractivity contribution < 1.29 is 14.6 Å². The second kappa shape index (κ2) is 4.57. The second-order valence-electron chi connectivity index (χ2n) is 4.06. The molecule has 0 amide bonds. The van der Waals surface area contributed by atoms with Crippen molar-refractivity contribution in [1.29, 1.82) is 0 Å². The molecule has 2 aliphatic heterocycles. The maximum Gasteiger partial charge on any atom is 0.181 e. The molecule has 2 saturated heterocycles. The molecule has 1 N–H and O–H groups in total. The third kappa shape index (κ3) is 2.25. The molecule has 0 aromatic heterocycles. The number of ether oxygens (including phenoxy) is 2. The Hall–Kier alpha value is -0.160. The van der Waals surface area contributed by atoms with Gasteiger partial charge >= 0.3 is 0 Å². The van der Waals surface area contributed by atoms with E-state index in [1.165, 1.54) is 0 Å². The lowest BCUT2D eigenvalue weighted by molar-refractivity contribution is -0.189. The molecule has 0 aromatic carbocycles. The zero-order valence-corrected chi connectivity index (χ0v) is 8.57. The standard InChI is InChI=1S/C10H19NO3/c12-6-2-5-11-4-1-3-10(9-11)13-7-8-14-10/h12H,1-9H2. The van der Waals surface area contributed by atoms with Gasteiger partial charge in [0.15, 0.2) is 5.79 Å². The Morgan fingerprint density at radius 2 is 2.07 bits per heavy atom. The van der Waals surface area contributed by atoms with Crippen LogP contribution in [-0.4, -0.2) is 55.2 Å². The van der Waals surface area contributed by atoms with Gasteiger partial charge in [0.2, 0.25) is 0 Å². The number of nitrogens with zero attached hydrogens (tertiary/aromatic N) is 1. The smallest absolute Gasteiger partial charge is 0.181 e. The molecule has 0 aromatic rings. The summed E-state index contributed by atoms with van der Waals surface area (Å²) < 4.78 is 11.3. The van der Waals surface area contributed by atoms with Gasteiger partial charge in [0.1, 0.15) is 0 Å². The molecular formula is C10H19NO3. The van der Waals surface area contributed by atoms with E-state index in [0.29, 0.717) is 0 Å². The van der Waals surface area contributed by atoms with Crippen LogP contribution in [0.4, 0.5) is 0 Å². The number of aliphatic hydroxyl groups excluding tert-OH is 1. The maximum absolute atomic E-state index is 8.76. The van der Waals surface area contributed by atoms with Crippen molar-refractivity contribution in [2.75, 3.05) is 39.5 Å². The Morgan fingerprint density at radius 1 is 1.29 bits per heavy atom. The van der Waals surface area contributed by atoms with Crippen molar-refractivity contribution in [2.24, 2.45) is 0 Å². The van der Waals surface area contributed by atoms with Gasteiger partial charge in [0.05, 0.1) is 19.8 Å². The highest BCUT2D eigenvalue weighted by atomic mass is 16.7. The fourth-order valence-electron chi connectivity index (χ4n) is 2.29. The highest BCUT2D eigenvalue weighted by Crippen LogP contribution is 2.29. The highest BCUT2D eigenvalue weighted by Gasteiger charge is 2.40. The van der Waals surface area contributed by atoms with E-state index in [2.05, 4.69) is 4.90 Å².